The van der Waals surface area contributed by atoms with Gasteiger partial charge in [-0.1, -0.05) is 53.5 Å². The van der Waals surface area contributed by atoms with E-state index in [1.807, 2.05) is 18.2 Å². The number of halogens is 2. The van der Waals surface area contributed by atoms with Gasteiger partial charge in [-0.2, -0.15) is 0 Å². The van der Waals surface area contributed by atoms with Crippen LogP contribution in [0.2, 0.25) is 10.0 Å². The highest BCUT2D eigenvalue weighted by atomic mass is 35.5. The second-order valence-corrected chi connectivity index (χ2v) is 8.71. The third kappa shape index (κ3) is 4.23. The Balaban J connectivity index is 1.39. The number of ether oxygens (including phenoxy) is 1. The average Bonchev–Trinajstić information content (AvgIpc) is 3.36. The molecule has 1 N–H and O–H groups in total. The summed E-state index contributed by atoms with van der Waals surface area (Å²) in [5, 5.41) is 3.32. The molecule has 2 aromatic rings. The van der Waals surface area contributed by atoms with Crippen molar-refractivity contribution in [2.75, 3.05) is 11.9 Å². The number of esters is 1. The Hall–Kier alpha value is -2.37. The van der Waals surface area contributed by atoms with Gasteiger partial charge >= 0.3 is 5.97 Å². The van der Waals surface area contributed by atoms with Gasteiger partial charge < -0.3 is 10.1 Å². The maximum Gasteiger partial charge on any atom is 0.310 e. The van der Waals surface area contributed by atoms with Gasteiger partial charge in [-0.25, -0.2) is 0 Å². The number of carbonyl (C=O) groups excluding carboxylic acids is 3. The summed E-state index contributed by atoms with van der Waals surface area (Å²) in [5.41, 5.74) is 1.08. The molecule has 156 valence electrons. The van der Waals surface area contributed by atoms with E-state index < -0.39 is 24.4 Å². The summed E-state index contributed by atoms with van der Waals surface area (Å²) in [4.78, 5) is 38.1. The van der Waals surface area contributed by atoms with Crippen molar-refractivity contribution in [3.8, 4) is 0 Å². The summed E-state index contributed by atoms with van der Waals surface area (Å²) in [6.07, 6.45) is 2.73. The molecule has 0 unspecified atom stereocenters. The first-order valence-electron chi connectivity index (χ1n) is 9.95. The van der Waals surface area contributed by atoms with E-state index in [-0.39, 0.29) is 23.5 Å². The number of carbonyl (C=O) groups is 3. The highest BCUT2D eigenvalue weighted by Gasteiger charge is 2.54. The maximum atomic E-state index is 13.1. The Kier molecular flexibility index (Phi) is 6.11. The first-order valence-corrected chi connectivity index (χ1v) is 10.7. The van der Waals surface area contributed by atoms with Crippen LogP contribution < -0.4 is 5.32 Å². The van der Waals surface area contributed by atoms with Crippen LogP contribution in [0.25, 0.3) is 0 Å². The fourth-order valence-corrected chi connectivity index (χ4v) is 5.10. The molecular weight excluding hydrogens is 425 g/mol. The van der Waals surface area contributed by atoms with Gasteiger partial charge in [-0.05, 0) is 49.3 Å². The molecule has 4 atom stereocenters. The van der Waals surface area contributed by atoms with Crippen LogP contribution in [0.4, 0.5) is 5.69 Å². The largest absolute Gasteiger partial charge is 0.455 e. The lowest BCUT2D eigenvalue weighted by atomic mass is 9.75. The van der Waals surface area contributed by atoms with E-state index in [0.717, 1.165) is 19.3 Å². The summed E-state index contributed by atoms with van der Waals surface area (Å²) in [5.74, 6) is -1.49. The number of hydrogen-bond donors (Lipinski definition) is 1. The van der Waals surface area contributed by atoms with Crippen molar-refractivity contribution in [3.05, 3.63) is 64.1 Å². The predicted octanol–water partition coefficient (Wildman–Crippen LogP) is 5.02. The van der Waals surface area contributed by atoms with E-state index in [9.17, 15) is 14.4 Å². The monoisotopic (exact) mass is 445 g/mol. The number of anilines is 1. The number of benzene rings is 2. The van der Waals surface area contributed by atoms with Crippen LogP contribution in [0.3, 0.4) is 0 Å². The lowest BCUT2D eigenvalue weighted by Gasteiger charge is -2.28. The Morgan fingerprint density at radius 2 is 1.63 bits per heavy atom. The van der Waals surface area contributed by atoms with Crippen molar-refractivity contribution in [2.24, 2.45) is 23.7 Å². The van der Waals surface area contributed by atoms with Gasteiger partial charge in [0.05, 0.1) is 16.0 Å². The van der Waals surface area contributed by atoms with Gasteiger partial charge in [0.2, 0.25) is 0 Å². The summed E-state index contributed by atoms with van der Waals surface area (Å²) >= 11 is 11.8. The van der Waals surface area contributed by atoms with Crippen LogP contribution in [-0.2, 0) is 14.3 Å². The van der Waals surface area contributed by atoms with Crippen LogP contribution in [0.1, 0.15) is 29.6 Å². The highest BCUT2D eigenvalue weighted by molar-refractivity contribution is 6.42. The molecule has 0 radical (unpaired) electrons. The Morgan fingerprint density at radius 1 is 0.933 bits per heavy atom. The fourth-order valence-electron chi connectivity index (χ4n) is 4.81. The number of nitrogens with one attached hydrogen (secondary N) is 1. The molecule has 0 saturated heterocycles. The van der Waals surface area contributed by atoms with Crippen molar-refractivity contribution in [3.63, 3.8) is 0 Å². The molecule has 1 amide bonds. The van der Waals surface area contributed by atoms with E-state index in [1.54, 1.807) is 24.3 Å². The van der Waals surface area contributed by atoms with Crippen LogP contribution in [0.5, 0.6) is 0 Å². The minimum atomic E-state index is -0.491. The summed E-state index contributed by atoms with van der Waals surface area (Å²) in [7, 11) is 0. The molecule has 5 nitrogen and oxygen atoms in total. The van der Waals surface area contributed by atoms with Gasteiger partial charge in [-0.3, -0.25) is 14.4 Å². The van der Waals surface area contributed by atoms with Crippen molar-refractivity contribution in [1.82, 2.24) is 0 Å². The molecule has 4 rings (SSSR count). The molecule has 0 aliphatic heterocycles. The molecule has 2 aliphatic carbocycles. The van der Waals surface area contributed by atoms with Gasteiger partial charge in [-0.15, -0.1) is 0 Å². The maximum absolute atomic E-state index is 13.1. The second kappa shape index (κ2) is 8.78. The molecule has 2 bridgehead atoms. The number of ketones is 1. The molecule has 2 fully saturated rings. The van der Waals surface area contributed by atoms with E-state index >= 15 is 0 Å². The quantitative estimate of drug-likeness (QED) is 0.500. The molecular formula is C23H21Cl2NO4. The molecule has 2 aromatic carbocycles. The summed E-state index contributed by atoms with van der Waals surface area (Å²) in [6.45, 7) is -0.417. The first kappa shape index (κ1) is 20.9. The molecule has 2 aliphatic rings. The van der Waals surface area contributed by atoms with E-state index in [4.69, 9.17) is 27.9 Å². The Bertz CT molecular complexity index is 978. The van der Waals surface area contributed by atoms with Gasteiger partial charge in [0.25, 0.3) is 5.91 Å². The smallest absolute Gasteiger partial charge is 0.310 e. The molecule has 30 heavy (non-hydrogen) atoms. The van der Waals surface area contributed by atoms with Crippen molar-refractivity contribution in [2.45, 2.75) is 19.3 Å². The highest BCUT2D eigenvalue weighted by Crippen LogP contribution is 2.53. The molecule has 0 aromatic heterocycles. The predicted molar refractivity (Wildman–Crippen MR) is 115 cm³/mol. The van der Waals surface area contributed by atoms with E-state index in [1.165, 1.54) is 6.07 Å². The molecule has 0 spiro atoms. The van der Waals surface area contributed by atoms with Gasteiger partial charge in [0.15, 0.2) is 12.4 Å². The number of fused-ring (bicyclic) bond motifs is 2. The fraction of sp³-hybridized carbons (Fsp3) is 0.348. The van der Waals surface area contributed by atoms with E-state index in [0.29, 0.717) is 21.3 Å². The van der Waals surface area contributed by atoms with Crippen molar-refractivity contribution >= 4 is 46.5 Å². The SMILES string of the molecule is O=C(COC(=O)[C@H]1[C@H]2CC[C@@H](C2)[C@H]1C(=O)c1ccccc1)Nc1ccc(Cl)c(Cl)c1. The number of Topliss-reactive ketones (excluding diaryl/α,β-unsaturated/α-hetero) is 1. The second-order valence-electron chi connectivity index (χ2n) is 7.90. The summed E-state index contributed by atoms with van der Waals surface area (Å²) in [6, 6.07) is 13.8. The lowest BCUT2D eigenvalue weighted by Crippen LogP contribution is -2.37. The number of hydrogen-bond acceptors (Lipinski definition) is 4. The van der Waals surface area contributed by atoms with Crippen LogP contribution >= 0.6 is 23.2 Å². The Labute approximate surface area is 184 Å². The van der Waals surface area contributed by atoms with Crippen LogP contribution in [-0.4, -0.2) is 24.3 Å². The topological polar surface area (TPSA) is 72.5 Å². The lowest BCUT2D eigenvalue weighted by molar-refractivity contribution is -0.154. The van der Waals surface area contributed by atoms with Crippen molar-refractivity contribution in [1.29, 1.82) is 0 Å². The number of amides is 1. The third-order valence-electron chi connectivity index (χ3n) is 6.10. The average molecular weight is 446 g/mol. The first-order chi connectivity index (χ1) is 14.4. The normalized spacial score (nSPS) is 24.5. The molecule has 2 saturated carbocycles. The van der Waals surface area contributed by atoms with Gasteiger partial charge in [0.1, 0.15) is 0 Å². The van der Waals surface area contributed by atoms with Crippen molar-refractivity contribution < 1.29 is 19.1 Å². The minimum Gasteiger partial charge on any atom is -0.455 e. The zero-order chi connectivity index (χ0) is 21.3. The number of rotatable bonds is 6. The van der Waals surface area contributed by atoms with Crippen LogP contribution in [0, 0.1) is 23.7 Å². The minimum absolute atomic E-state index is 0.00925. The van der Waals surface area contributed by atoms with E-state index in [2.05, 4.69) is 5.32 Å². The third-order valence-corrected chi connectivity index (χ3v) is 6.84. The molecule has 7 heteroatoms. The van der Waals surface area contributed by atoms with Gasteiger partial charge in [0, 0.05) is 17.2 Å². The molecule has 0 heterocycles. The summed E-state index contributed by atoms with van der Waals surface area (Å²) < 4.78 is 5.32. The standard InChI is InChI=1S/C23H21Cl2NO4/c24-17-9-8-16(11-18(17)25)26-19(27)12-30-23(29)21-15-7-6-14(10-15)20(21)22(28)13-4-2-1-3-5-13/h1-5,8-9,11,14-15,20-21H,6-7,10,12H2,(H,26,27)/t14-,15-,20+,21-/m0/s1. The van der Waals surface area contributed by atoms with Crippen LogP contribution in [0.15, 0.2) is 48.5 Å². The Morgan fingerprint density at radius 3 is 2.33 bits per heavy atom. The zero-order valence-corrected chi connectivity index (χ0v) is 17.7. The zero-order valence-electron chi connectivity index (χ0n) is 16.1.